The molecule has 1 aromatic rings. The molecule has 76 valence electrons. The largest absolute Gasteiger partial charge is 0.507 e. The van der Waals surface area contributed by atoms with Crippen LogP contribution in [0.25, 0.3) is 0 Å². The number of carboxylic acid groups (broad SMARTS) is 1. The Morgan fingerprint density at radius 1 is 1.47 bits per heavy atom. The topological polar surface area (TPSA) is 74.6 Å². The Hall–Kier alpha value is -2.28. The lowest BCUT2D eigenvalue weighted by Gasteiger charge is -1.98. The molecule has 4 heteroatoms. The van der Waals surface area contributed by atoms with Gasteiger partial charge in [0.2, 0.25) is 0 Å². The molecule has 0 unspecified atom stereocenters. The second kappa shape index (κ2) is 4.82. The maximum atomic E-state index is 10.6. The number of aldehydes is 1. The minimum atomic E-state index is -1.22. The molecule has 0 saturated heterocycles. The van der Waals surface area contributed by atoms with Crippen LogP contribution in [0, 0.1) is 11.8 Å². The van der Waals surface area contributed by atoms with E-state index in [0.717, 1.165) is 0 Å². The molecule has 0 amide bonds. The molecule has 2 N–H and O–H groups in total. The summed E-state index contributed by atoms with van der Waals surface area (Å²) < 4.78 is 0. The Morgan fingerprint density at radius 2 is 2.20 bits per heavy atom. The molecule has 0 aliphatic carbocycles. The van der Waals surface area contributed by atoms with Gasteiger partial charge in [0, 0.05) is 5.56 Å². The summed E-state index contributed by atoms with van der Waals surface area (Å²) in [5.41, 5.74) is 0.250. The molecule has 0 radical (unpaired) electrons. The Labute approximate surface area is 86.2 Å². The summed E-state index contributed by atoms with van der Waals surface area (Å²) in [5, 5.41) is 17.9. The predicted octanol–water partition coefficient (Wildman–Crippen LogP) is 1.03. The van der Waals surface area contributed by atoms with Crippen molar-refractivity contribution >= 4 is 12.3 Å². The van der Waals surface area contributed by atoms with E-state index in [0.29, 0.717) is 11.8 Å². The van der Waals surface area contributed by atoms with Gasteiger partial charge in [-0.05, 0) is 18.2 Å². The van der Waals surface area contributed by atoms with Crippen LogP contribution in [0.3, 0.4) is 0 Å². The number of hydrogen-bond acceptors (Lipinski definition) is 3. The Morgan fingerprint density at radius 3 is 2.80 bits per heavy atom. The van der Waals surface area contributed by atoms with Crippen molar-refractivity contribution in [3.8, 4) is 17.6 Å². The minimum absolute atomic E-state index is 0.100. The van der Waals surface area contributed by atoms with Crippen molar-refractivity contribution in [3.05, 3.63) is 29.3 Å². The summed E-state index contributed by atoms with van der Waals surface area (Å²) in [6.07, 6.45) is 0.759. The molecule has 0 aromatic heterocycles. The molecule has 0 aliphatic rings. The van der Waals surface area contributed by atoms with Gasteiger partial charge in [-0.2, -0.15) is 0 Å². The van der Waals surface area contributed by atoms with Crippen LogP contribution in [0.15, 0.2) is 18.2 Å². The van der Waals surface area contributed by atoms with Gasteiger partial charge in [-0.25, -0.2) is 4.79 Å². The van der Waals surface area contributed by atoms with Crippen molar-refractivity contribution < 1.29 is 19.8 Å². The molecule has 1 aromatic carbocycles. The first-order valence-electron chi connectivity index (χ1n) is 4.14. The molecule has 0 spiro atoms. The Balaban J connectivity index is 3.04. The second-order valence-electron chi connectivity index (χ2n) is 2.71. The third kappa shape index (κ3) is 2.85. The molecular formula is C11H8O4. The van der Waals surface area contributed by atoms with Crippen molar-refractivity contribution in [2.45, 2.75) is 6.42 Å². The third-order valence-corrected chi connectivity index (χ3v) is 1.65. The van der Waals surface area contributed by atoms with E-state index in [1.165, 1.54) is 18.2 Å². The van der Waals surface area contributed by atoms with Gasteiger partial charge in [0.05, 0.1) is 6.42 Å². The van der Waals surface area contributed by atoms with Gasteiger partial charge in [-0.15, -0.1) is 0 Å². The van der Waals surface area contributed by atoms with Crippen molar-refractivity contribution in [3.63, 3.8) is 0 Å². The Bertz CT molecular complexity index is 451. The predicted molar refractivity (Wildman–Crippen MR) is 52.6 cm³/mol. The van der Waals surface area contributed by atoms with Crippen LogP contribution in [0.4, 0.5) is 0 Å². The molecule has 0 heterocycles. The van der Waals surface area contributed by atoms with Crippen molar-refractivity contribution in [1.29, 1.82) is 0 Å². The number of rotatable bonds is 2. The first-order valence-corrected chi connectivity index (χ1v) is 4.14. The molecule has 4 nitrogen and oxygen atoms in total. The van der Waals surface area contributed by atoms with Gasteiger partial charge < -0.3 is 15.0 Å². The quantitative estimate of drug-likeness (QED) is 0.557. The normalized spacial score (nSPS) is 8.80. The Kier molecular flexibility index (Phi) is 3.47. The number of benzene rings is 1. The number of carbonyl (C=O) groups excluding carboxylic acids is 1. The highest BCUT2D eigenvalue weighted by Gasteiger charge is 2.08. The van der Waals surface area contributed by atoms with Crippen LogP contribution in [0.2, 0.25) is 0 Å². The summed E-state index contributed by atoms with van der Waals surface area (Å²) in [6.45, 7) is 0. The van der Waals surface area contributed by atoms with E-state index in [4.69, 9.17) is 5.11 Å². The number of aromatic carboxylic acids is 1. The lowest BCUT2D eigenvalue weighted by atomic mass is 10.1. The van der Waals surface area contributed by atoms with Crippen molar-refractivity contribution in [1.82, 2.24) is 0 Å². The summed E-state index contributed by atoms with van der Waals surface area (Å²) in [4.78, 5) is 20.6. The number of hydrogen-bond donors (Lipinski definition) is 2. The average molecular weight is 204 g/mol. The van der Waals surface area contributed by atoms with Crippen molar-refractivity contribution in [2.75, 3.05) is 0 Å². The summed E-state index contributed by atoms with van der Waals surface area (Å²) >= 11 is 0. The standard InChI is InChI=1S/C11H8O4/c12-6-2-1-3-8-4-5-10(13)9(7-8)11(14)15/h4-7,13H,2H2,(H,14,15). The van der Waals surface area contributed by atoms with Crippen LogP contribution in [-0.4, -0.2) is 22.5 Å². The van der Waals surface area contributed by atoms with E-state index >= 15 is 0 Å². The first kappa shape index (κ1) is 10.8. The molecule has 1 rings (SSSR count). The molecule has 0 bridgehead atoms. The van der Waals surface area contributed by atoms with Crippen LogP contribution in [0.1, 0.15) is 22.3 Å². The fourth-order valence-electron chi connectivity index (χ4n) is 0.980. The zero-order valence-electron chi connectivity index (χ0n) is 7.73. The molecule has 0 fully saturated rings. The smallest absolute Gasteiger partial charge is 0.339 e. The number of aromatic hydroxyl groups is 1. The lowest BCUT2D eigenvalue weighted by Crippen LogP contribution is -1.97. The second-order valence-corrected chi connectivity index (χ2v) is 2.71. The summed E-state index contributed by atoms with van der Waals surface area (Å²) in [5.74, 6) is 3.64. The lowest BCUT2D eigenvalue weighted by molar-refractivity contribution is -0.107. The highest BCUT2D eigenvalue weighted by Crippen LogP contribution is 2.17. The van der Waals surface area contributed by atoms with E-state index in [1.54, 1.807) is 0 Å². The number of phenols is 1. The van der Waals surface area contributed by atoms with Crippen LogP contribution in [0.5, 0.6) is 5.75 Å². The fraction of sp³-hybridized carbons (Fsp3) is 0.0909. The van der Waals surface area contributed by atoms with Gasteiger partial charge in [-0.3, -0.25) is 0 Å². The zero-order valence-corrected chi connectivity index (χ0v) is 7.73. The average Bonchev–Trinajstić information content (AvgIpc) is 2.20. The van der Waals surface area contributed by atoms with E-state index in [-0.39, 0.29) is 17.7 Å². The van der Waals surface area contributed by atoms with Gasteiger partial charge in [0.1, 0.15) is 17.6 Å². The van der Waals surface area contributed by atoms with Gasteiger partial charge >= 0.3 is 5.97 Å². The van der Waals surface area contributed by atoms with Crippen LogP contribution in [-0.2, 0) is 4.79 Å². The molecular weight excluding hydrogens is 196 g/mol. The van der Waals surface area contributed by atoms with Gasteiger partial charge in [0.25, 0.3) is 0 Å². The van der Waals surface area contributed by atoms with Gasteiger partial charge in [0.15, 0.2) is 0 Å². The molecule has 0 aliphatic heterocycles. The maximum absolute atomic E-state index is 10.6. The molecule has 15 heavy (non-hydrogen) atoms. The van der Waals surface area contributed by atoms with E-state index in [2.05, 4.69) is 11.8 Å². The highest BCUT2D eigenvalue weighted by atomic mass is 16.4. The molecule has 0 atom stereocenters. The zero-order chi connectivity index (χ0) is 11.3. The van der Waals surface area contributed by atoms with E-state index in [1.807, 2.05) is 0 Å². The highest BCUT2D eigenvalue weighted by molar-refractivity contribution is 5.91. The maximum Gasteiger partial charge on any atom is 0.339 e. The fourth-order valence-corrected chi connectivity index (χ4v) is 0.980. The van der Waals surface area contributed by atoms with E-state index in [9.17, 15) is 14.7 Å². The minimum Gasteiger partial charge on any atom is -0.507 e. The number of carbonyl (C=O) groups is 2. The van der Waals surface area contributed by atoms with Gasteiger partial charge in [-0.1, -0.05) is 11.8 Å². The summed E-state index contributed by atoms with van der Waals surface area (Å²) in [6, 6.07) is 4.00. The molecule has 0 saturated carbocycles. The SMILES string of the molecule is O=CCC#Cc1ccc(O)c(C(=O)O)c1. The van der Waals surface area contributed by atoms with Crippen LogP contribution >= 0.6 is 0 Å². The third-order valence-electron chi connectivity index (χ3n) is 1.65. The van der Waals surface area contributed by atoms with E-state index < -0.39 is 5.97 Å². The summed E-state index contributed by atoms with van der Waals surface area (Å²) in [7, 11) is 0. The van der Waals surface area contributed by atoms with Crippen molar-refractivity contribution in [2.24, 2.45) is 0 Å². The monoisotopic (exact) mass is 204 g/mol. The van der Waals surface area contributed by atoms with Crippen LogP contribution < -0.4 is 0 Å². The first-order chi connectivity index (χ1) is 7.15. The number of carboxylic acids is 1.